The molecule has 19 heavy (non-hydrogen) atoms. The number of rotatable bonds is 3. The highest BCUT2D eigenvalue weighted by molar-refractivity contribution is 6.30. The second-order valence-electron chi connectivity index (χ2n) is 3.80. The van der Waals surface area contributed by atoms with Crippen molar-refractivity contribution in [3.05, 3.63) is 70.6 Å². The third-order valence-electron chi connectivity index (χ3n) is 2.49. The van der Waals surface area contributed by atoms with Gasteiger partial charge in [-0.15, -0.1) is 0 Å². The molecule has 0 bridgehead atoms. The Morgan fingerprint density at radius 2 is 1.95 bits per heavy atom. The lowest BCUT2D eigenvalue weighted by atomic mass is 10.1. The maximum atomic E-state index is 13.7. The van der Waals surface area contributed by atoms with Crippen molar-refractivity contribution < 1.29 is 4.39 Å². The molecule has 0 radical (unpaired) electrons. The van der Waals surface area contributed by atoms with Crippen LogP contribution in [0.25, 0.3) is 6.08 Å². The minimum atomic E-state index is -0.518. The summed E-state index contributed by atoms with van der Waals surface area (Å²) >= 11 is 5.70. The Hall–Kier alpha value is -2.31. The van der Waals surface area contributed by atoms with Crippen LogP contribution < -0.4 is 5.32 Å². The average Bonchev–Trinajstić information content (AvgIpc) is 2.42. The molecular weight excluding hydrogens is 263 g/mol. The van der Waals surface area contributed by atoms with Crippen molar-refractivity contribution in [3.8, 4) is 6.07 Å². The van der Waals surface area contributed by atoms with E-state index < -0.39 is 5.82 Å². The van der Waals surface area contributed by atoms with E-state index in [1.807, 2.05) is 36.4 Å². The van der Waals surface area contributed by atoms with Gasteiger partial charge in [-0.05, 0) is 30.3 Å². The molecule has 2 rings (SSSR count). The second-order valence-corrected chi connectivity index (χ2v) is 4.24. The first kappa shape index (κ1) is 13.1. The number of para-hydroxylation sites is 1. The van der Waals surface area contributed by atoms with E-state index in [4.69, 9.17) is 16.9 Å². The van der Waals surface area contributed by atoms with Crippen LogP contribution in [0.3, 0.4) is 0 Å². The molecule has 0 aromatic heterocycles. The summed E-state index contributed by atoms with van der Waals surface area (Å²) in [5.74, 6) is -0.518. The first-order valence-electron chi connectivity index (χ1n) is 5.58. The van der Waals surface area contributed by atoms with Gasteiger partial charge in [0.1, 0.15) is 5.82 Å². The first-order chi connectivity index (χ1) is 9.20. The predicted molar refractivity (Wildman–Crippen MR) is 75.2 cm³/mol. The number of nitrogens with zero attached hydrogens (tertiary/aromatic N) is 1. The molecule has 0 aliphatic heterocycles. The molecule has 0 saturated heterocycles. The molecule has 2 aromatic carbocycles. The van der Waals surface area contributed by atoms with Crippen molar-refractivity contribution in [3.63, 3.8) is 0 Å². The van der Waals surface area contributed by atoms with Crippen LogP contribution in [-0.4, -0.2) is 0 Å². The number of halogens is 2. The molecule has 0 amide bonds. The Balaban J connectivity index is 2.22. The molecular formula is C15H10ClFN2. The van der Waals surface area contributed by atoms with Gasteiger partial charge in [0.25, 0.3) is 0 Å². The summed E-state index contributed by atoms with van der Waals surface area (Å²) in [6, 6.07) is 14.0. The van der Waals surface area contributed by atoms with Crippen molar-refractivity contribution in [1.29, 1.82) is 5.26 Å². The summed E-state index contributed by atoms with van der Waals surface area (Å²) in [6.07, 6.45) is 3.10. The van der Waals surface area contributed by atoms with Gasteiger partial charge in [-0.1, -0.05) is 29.8 Å². The van der Waals surface area contributed by atoms with Gasteiger partial charge < -0.3 is 5.32 Å². The van der Waals surface area contributed by atoms with Crippen LogP contribution in [0.15, 0.2) is 48.7 Å². The minimum Gasteiger partial charge on any atom is -0.362 e. The van der Waals surface area contributed by atoms with Gasteiger partial charge >= 0.3 is 0 Å². The molecule has 0 saturated carbocycles. The molecule has 2 nitrogen and oxygen atoms in total. The van der Waals surface area contributed by atoms with Crippen LogP contribution in [-0.2, 0) is 0 Å². The SMILES string of the molecule is N#Cc1cc(Cl)cc(F)c1C=CNc1ccccc1. The van der Waals surface area contributed by atoms with E-state index >= 15 is 0 Å². The molecule has 0 unspecified atom stereocenters. The molecule has 2 aromatic rings. The van der Waals surface area contributed by atoms with Gasteiger partial charge in [0.05, 0.1) is 11.6 Å². The third kappa shape index (κ3) is 3.34. The van der Waals surface area contributed by atoms with E-state index in [9.17, 15) is 4.39 Å². The van der Waals surface area contributed by atoms with Crippen molar-refractivity contribution in [2.24, 2.45) is 0 Å². The van der Waals surface area contributed by atoms with Gasteiger partial charge in [-0.3, -0.25) is 0 Å². The predicted octanol–water partition coefficient (Wildman–Crippen LogP) is 4.43. The van der Waals surface area contributed by atoms with E-state index in [0.29, 0.717) is 0 Å². The topological polar surface area (TPSA) is 35.8 Å². The maximum Gasteiger partial charge on any atom is 0.133 e. The summed E-state index contributed by atoms with van der Waals surface area (Å²) in [5, 5.41) is 12.2. The minimum absolute atomic E-state index is 0.205. The molecule has 94 valence electrons. The van der Waals surface area contributed by atoms with Crippen molar-refractivity contribution in [2.45, 2.75) is 0 Å². The number of benzene rings is 2. The Morgan fingerprint density at radius 1 is 1.21 bits per heavy atom. The van der Waals surface area contributed by atoms with Crippen LogP contribution in [0.4, 0.5) is 10.1 Å². The van der Waals surface area contributed by atoms with Crippen LogP contribution in [0, 0.1) is 17.1 Å². The van der Waals surface area contributed by atoms with E-state index in [-0.39, 0.29) is 16.1 Å². The monoisotopic (exact) mass is 272 g/mol. The average molecular weight is 273 g/mol. The maximum absolute atomic E-state index is 13.7. The molecule has 0 atom stereocenters. The number of hydrogen-bond donors (Lipinski definition) is 1. The fourth-order valence-corrected chi connectivity index (χ4v) is 1.81. The lowest BCUT2D eigenvalue weighted by molar-refractivity contribution is 0.624. The van der Waals surface area contributed by atoms with Gasteiger partial charge in [-0.25, -0.2) is 4.39 Å². The highest BCUT2D eigenvalue weighted by atomic mass is 35.5. The fourth-order valence-electron chi connectivity index (χ4n) is 1.60. The molecule has 0 fully saturated rings. The Labute approximate surface area is 115 Å². The second kappa shape index (κ2) is 6.03. The lowest BCUT2D eigenvalue weighted by Gasteiger charge is -2.02. The first-order valence-corrected chi connectivity index (χ1v) is 5.96. The van der Waals surface area contributed by atoms with E-state index in [2.05, 4.69) is 5.32 Å². The molecule has 1 N–H and O–H groups in total. The van der Waals surface area contributed by atoms with Crippen LogP contribution in [0.5, 0.6) is 0 Å². The Kier molecular flexibility index (Phi) is 4.17. The number of anilines is 1. The van der Waals surface area contributed by atoms with Gasteiger partial charge in [-0.2, -0.15) is 5.26 Å². The highest BCUT2D eigenvalue weighted by Crippen LogP contribution is 2.21. The smallest absolute Gasteiger partial charge is 0.133 e. The van der Waals surface area contributed by atoms with E-state index in [0.717, 1.165) is 5.69 Å². The molecule has 0 aliphatic rings. The fraction of sp³-hybridized carbons (Fsp3) is 0. The number of nitrogens with one attached hydrogen (secondary N) is 1. The largest absolute Gasteiger partial charge is 0.362 e. The van der Waals surface area contributed by atoms with Crippen molar-refractivity contribution >= 4 is 23.4 Å². The van der Waals surface area contributed by atoms with Gasteiger partial charge in [0, 0.05) is 22.5 Å². The lowest BCUT2D eigenvalue weighted by Crippen LogP contribution is -1.91. The Morgan fingerprint density at radius 3 is 2.63 bits per heavy atom. The molecule has 4 heteroatoms. The molecule has 0 heterocycles. The summed E-state index contributed by atoms with van der Waals surface area (Å²) in [5.41, 5.74) is 1.30. The van der Waals surface area contributed by atoms with E-state index in [1.54, 1.807) is 6.20 Å². The van der Waals surface area contributed by atoms with Crippen molar-refractivity contribution in [1.82, 2.24) is 0 Å². The summed E-state index contributed by atoms with van der Waals surface area (Å²) in [4.78, 5) is 0. The number of nitriles is 1. The van der Waals surface area contributed by atoms with Gasteiger partial charge in [0.2, 0.25) is 0 Å². The zero-order valence-corrected chi connectivity index (χ0v) is 10.7. The summed E-state index contributed by atoms with van der Waals surface area (Å²) in [7, 11) is 0. The van der Waals surface area contributed by atoms with Gasteiger partial charge in [0.15, 0.2) is 0 Å². The Bertz CT molecular complexity index is 645. The standard InChI is InChI=1S/C15H10ClFN2/c16-12-8-11(10-18)14(15(17)9-12)6-7-19-13-4-2-1-3-5-13/h1-9,19H. The van der Waals surface area contributed by atoms with Crippen molar-refractivity contribution in [2.75, 3.05) is 5.32 Å². The molecule has 0 aliphatic carbocycles. The number of hydrogen-bond acceptors (Lipinski definition) is 2. The van der Waals surface area contributed by atoms with Crippen LogP contribution >= 0.6 is 11.6 Å². The highest BCUT2D eigenvalue weighted by Gasteiger charge is 2.07. The zero-order chi connectivity index (χ0) is 13.7. The normalized spacial score (nSPS) is 10.4. The molecule has 0 spiro atoms. The zero-order valence-electron chi connectivity index (χ0n) is 9.90. The summed E-state index contributed by atoms with van der Waals surface area (Å²) < 4.78 is 13.7. The van der Waals surface area contributed by atoms with Crippen LogP contribution in [0.2, 0.25) is 5.02 Å². The third-order valence-corrected chi connectivity index (χ3v) is 2.71. The quantitative estimate of drug-likeness (QED) is 0.897. The summed E-state index contributed by atoms with van der Waals surface area (Å²) in [6.45, 7) is 0. The van der Waals surface area contributed by atoms with Crippen LogP contribution in [0.1, 0.15) is 11.1 Å². The van der Waals surface area contributed by atoms with E-state index in [1.165, 1.54) is 18.2 Å².